The zero-order chi connectivity index (χ0) is 15.7. The number of nitrogens with two attached hydrogens (primary N) is 1. The highest BCUT2D eigenvalue weighted by molar-refractivity contribution is 8.01. The fourth-order valence-corrected chi connectivity index (χ4v) is 7.21. The third kappa shape index (κ3) is 3.14. The van der Waals surface area contributed by atoms with Gasteiger partial charge in [0, 0.05) is 35.9 Å². The lowest BCUT2D eigenvalue weighted by molar-refractivity contribution is -0.0138. The molecule has 124 valence electrons. The van der Waals surface area contributed by atoms with E-state index in [9.17, 15) is 8.42 Å². The Morgan fingerprint density at radius 2 is 2.10 bits per heavy atom. The zero-order valence-corrected chi connectivity index (χ0v) is 15.2. The van der Waals surface area contributed by atoms with Crippen LogP contribution in [-0.2, 0) is 9.84 Å². The topological polar surface area (TPSA) is 63.4 Å². The van der Waals surface area contributed by atoms with Gasteiger partial charge in [0.25, 0.3) is 0 Å². The molecular formula is C15H30N2O2S2. The summed E-state index contributed by atoms with van der Waals surface area (Å²) in [5.41, 5.74) is 6.09. The quantitative estimate of drug-likeness (QED) is 0.851. The average molecular weight is 335 g/mol. The minimum absolute atomic E-state index is 0.133. The lowest BCUT2D eigenvalue weighted by Gasteiger charge is -2.55. The van der Waals surface area contributed by atoms with Gasteiger partial charge in [-0.25, -0.2) is 8.42 Å². The highest BCUT2D eigenvalue weighted by atomic mass is 32.2. The van der Waals surface area contributed by atoms with E-state index in [1.165, 1.54) is 6.42 Å². The minimum atomic E-state index is -3.06. The van der Waals surface area contributed by atoms with Gasteiger partial charge in [-0.1, -0.05) is 33.6 Å². The van der Waals surface area contributed by atoms with Crippen LogP contribution in [0.3, 0.4) is 0 Å². The number of sulfone groups is 1. The second-order valence-corrected chi connectivity index (χ2v) is 10.2. The van der Waals surface area contributed by atoms with Gasteiger partial charge >= 0.3 is 0 Å². The van der Waals surface area contributed by atoms with E-state index < -0.39 is 9.84 Å². The van der Waals surface area contributed by atoms with Gasteiger partial charge in [-0.2, -0.15) is 11.8 Å². The van der Waals surface area contributed by atoms with Gasteiger partial charge in [0.05, 0.1) is 0 Å². The molecular weight excluding hydrogens is 304 g/mol. The predicted molar refractivity (Wildman–Crippen MR) is 91.2 cm³/mol. The minimum Gasteiger partial charge on any atom is -0.329 e. The number of hydrogen-bond acceptors (Lipinski definition) is 5. The summed E-state index contributed by atoms with van der Waals surface area (Å²) in [6.07, 6.45) is 3.43. The predicted octanol–water partition coefficient (Wildman–Crippen LogP) is 1.95. The van der Waals surface area contributed by atoms with Crippen LogP contribution in [0.2, 0.25) is 0 Å². The second kappa shape index (κ2) is 6.77. The second-order valence-electron chi connectivity index (χ2n) is 6.64. The molecule has 2 rings (SSSR count). The standard InChI is InChI=1S/C15H30N2O2S2/c1-4-21(18,19)14-10-20-9-8-17(14)15(11-16)7-5-6-12(2)13(15)3/h12-14H,4-11,16H2,1-3H3. The Labute approximate surface area is 134 Å². The summed E-state index contributed by atoms with van der Waals surface area (Å²) in [6.45, 7) is 7.74. The summed E-state index contributed by atoms with van der Waals surface area (Å²) in [4.78, 5) is 2.28. The molecule has 1 saturated heterocycles. The summed E-state index contributed by atoms with van der Waals surface area (Å²) in [5, 5.41) is -0.349. The van der Waals surface area contributed by atoms with Gasteiger partial charge in [0.15, 0.2) is 9.84 Å². The first-order chi connectivity index (χ1) is 9.89. The summed E-state index contributed by atoms with van der Waals surface area (Å²) < 4.78 is 25.1. The van der Waals surface area contributed by atoms with Crippen LogP contribution in [0.1, 0.15) is 40.0 Å². The molecule has 0 spiro atoms. The summed E-state index contributed by atoms with van der Waals surface area (Å²) in [5.74, 6) is 2.99. The van der Waals surface area contributed by atoms with Crippen LogP contribution in [-0.4, -0.2) is 54.6 Å². The zero-order valence-electron chi connectivity index (χ0n) is 13.5. The summed E-state index contributed by atoms with van der Waals surface area (Å²) in [6, 6.07) is 0. The van der Waals surface area contributed by atoms with Crippen LogP contribution in [0.15, 0.2) is 0 Å². The lowest BCUT2D eigenvalue weighted by Crippen LogP contribution is -2.67. The Morgan fingerprint density at radius 1 is 1.38 bits per heavy atom. The largest absolute Gasteiger partial charge is 0.329 e. The monoisotopic (exact) mass is 334 g/mol. The van der Waals surface area contributed by atoms with Crippen molar-refractivity contribution in [2.24, 2.45) is 17.6 Å². The molecule has 21 heavy (non-hydrogen) atoms. The van der Waals surface area contributed by atoms with Crippen molar-refractivity contribution in [1.29, 1.82) is 0 Å². The van der Waals surface area contributed by atoms with Gasteiger partial charge in [-0.15, -0.1) is 0 Å². The molecule has 0 aromatic carbocycles. The molecule has 2 aliphatic rings. The molecule has 4 atom stereocenters. The first-order valence-electron chi connectivity index (χ1n) is 8.15. The molecule has 4 nitrogen and oxygen atoms in total. The van der Waals surface area contributed by atoms with E-state index in [2.05, 4.69) is 18.7 Å². The Kier molecular flexibility index (Phi) is 5.66. The third-order valence-corrected chi connectivity index (χ3v) is 9.09. The van der Waals surface area contributed by atoms with Crippen LogP contribution in [0.5, 0.6) is 0 Å². The maximum Gasteiger partial charge on any atom is 0.166 e. The molecule has 4 unspecified atom stereocenters. The molecule has 1 heterocycles. The maximum absolute atomic E-state index is 12.6. The molecule has 1 aliphatic heterocycles. The highest BCUT2D eigenvalue weighted by Gasteiger charge is 2.50. The lowest BCUT2D eigenvalue weighted by atomic mass is 9.67. The first kappa shape index (κ1) is 17.6. The van der Waals surface area contributed by atoms with Crippen LogP contribution in [0, 0.1) is 11.8 Å². The van der Waals surface area contributed by atoms with E-state index in [0.717, 1.165) is 25.1 Å². The smallest absolute Gasteiger partial charge is 0.166 e. The van der Waals surface area contributed by atoms with Crippen molar-refractivity contribution in [3.8, 4) is 0 Å². The van der Waals surface area contributed by atoms with Crippen molar-refractivity contribution in [3.05, 3.63) is 0 Å². The van der Waals surface area contributed by atoms with Crippen LogP contribution in [0.4, 0.5) is 0 Å². The van der Waals surface area contributed by atoms with Gasteiger partial charge in [-0.3, -0.25) is 4.90 Å². The van der Waals surface area contributed by atoms with E-state index in [1.54, 1.807) is 18.7 Å². The number of nitrogens with zero attached hydrogens (tertiary/aromatic N) is 1. The third-order valence-electron chi connectivity index (χ3n) is 5.80. The molecule has 1 saturated carbocycles. The van der Waals surface area contributed by atoms with Crippen molar-refractivity contribution >= 4 is 21.6 Å². The van der Waals surface area contributed by atoms with E-state index in [-0.39, 0.29) is 16.7 Å². The Balaban J connectivity index is 2.38. The number of hydrogen-bond donors (Lipinski definition) is 1. The van der Waals surface area contributed by atoms with Crippen molar-refractivity contribution < 1.29 is 8.42 Å². The Bertz CT molecular complexity index is 455. The van der Waals surface area contributed by atoms with E-state index in [4.69, 9.17) is 5.73 Å². The number of thioether (sulfide) groups is 1. The Morgan fingerprint density at radius 3 is 2.71 bits per heavy atom. The average Bonchev–Trinajstić information content (AvgIpc) is 2.50. The van der Waals surface area contributed by atoms with Gasteiger partial charge < -0.3 is 5.73 Å². The first-order valence-corrected chi connectivity index (χ1v) is 11.0. The Hall–Kier alpha value is 0.220. The highest BCUT2D eigenvalue weighted by Crippen LogP contribution is 2.44. The summed E-state index contributed by atoms with van der Waals surface area (Å²) in [7, 11) is -3.06. The fraction of sp³-hybridized carbons (Fsp3) is 1.00. The fourth-order valence-electron chi connectivity index (χ4n) is 4.13. The molecule has 1 aliphatic carbocycles. The molecule has 2 fully saturated rings. The van der Waals surface area contributed by atoms with E-state index in [1.807, 2.05) is 0 Å². The van der Waals surface area contributed by atoms with Crippen LogP contribution >= 0.6 is 11.8 Å². The summed E-state index contributed by atoms with van der Waals surface area (Å²) >= 11 is 1.76. The van der Waals surface area contributed by atoms with E-state index >= 15 is 0 Å². The van der Waals surface area contributed by atoms with E-state index in [0.29, 0.717) is 24.1 Å². The van der Waals surface area contributed by atoms with Crippen molar-refractivity contribution in [2.45, 2.75) is 50.9 Å². The molecule has 0 aromatic rings. The number of rotatable bonds is 4. The molecule has 0 radical (unpaired) electrons. The van der Waals surface area contributed by atoms with Gasteiger partial charge in [-0.05, 0) is 18.3 Å². The van der Waals surface area contributed by atoms with Crippen molar-refractivity contribution in [1.82, 2.24) is 4.90 Å². The van der Waals surface area contributed by atoms with Crippen LogP contribution < -0.4 is 5.73 Å². The van der Waals surface area contributed by atoms with Gasteiger partial charge in [0.1, 0.15) is 5.37 Å². The molecule has 0 bridgehead atoms. The normalized spacial score (nSPS) is 39.3. The molecule has 0 amide bonds. The SMILES string of the molecule is CCS(=O)(=O)C1CSCCN1C1(CN)CCCC(C)C1C. The van der Waals surface area contributed by atoms with Crippen LogP contribution in [0.25, 0.3) is 0 Å². The van der Waals surface area contributed by atoms with Gasteiger partial charge in [0.2, 0.25) is 0 Å². The van der Waals surface area contributed by atoms with Crippen molar-refractivity contribution in [3.63, 3.8) is 0 Å². The molecule has 2 N–H and O–H groups in total. The maximum atomic E-state index is 12.6. The molecule has 0 aromatic heterocycles. The molecule has 6 heteroatoms. The van der Waals surface area contributed by atoms with Crippen molar-refractivity contribution in [2.75, 3.05) is 30.3 Å².